The van der Waals surface area contributed by atoms with Crippen LogP contribution in [0.15, 0.2) is 237 Å². The zero-order chi connectivity index (χ0) is 40.3. The predicted molar refractivity (Wildman–Crippen MR) is 258 cm³/mol. The molecule has 2 heterocycles. The van der Waals surface area contributed by atoms with Gasteiger partial charge in [-0.15, -0.1) is 0 Å². The number of hydrogen-bond donors (Lipinski definition) is 0. The molecule has 3 heteroatoms. The van der Waals surface area contributed by atoms with Crippen LogP contribution in [0.4, 0.5) is 17.1 Å². The molecule has 61 heavy (non-hydrogen) atoms. The molecule has 0 aliphatic carbocycles. The van der Waals surface area contributed by atoms with E-state index in [1.165, 1.54) is 71.1 Å². The van der Waals surface area contributed by atoms with E-state index in [1.54, 1.807) is 0 Å². The van der Waals surface area contributed by atoms with Crippen molar-refractivity contribution >= 4 is 71.4 Å². The summed E-state index contributed by atoms with van der Waals surface area (Å²) in [6.45, 7) is 0. The van der Waals surface area contributed by atoms with Crippen molar-refractivity contribution in [2.45, 2.75) is 0 Å². The first kappa shape index (κ1) is 34.9. The molecule has 0 aliphatic rings. The molecule has 0 atom stereocenters. The van der Waals surface area contributed by atoms with Crippen LogP contribution >= 0.6 is 0 Å². The third-order valence-corrected chi connectivity index (χ3v) is 12.3. The van der Waals surface area contributed by atoms with E-state index in [2.05, 4.69) is 251 Å². The molecule has 0 spiro atoms. The lowest BCUT2D eigenvalue weighted by atomic mass is 9.91. The Morgan fingerprint density at radius 1 is 0.279 bits per heavy atom. The fourth-order valence-corrected chi connectivity index (χ4v) is 9.63. The molecule has 0 saturated heterocycles. The number of benzene rings is 10. The lowest BCUT2D eigenvalue weighted by molar-refractivity contribution is 1.17. The maximum absolute atomic E-state index is 2.43. The first-order valence-electron chi connectivity index (χ1n) is 20.9. The van der Waals surface area contributed by atoms with Gasteiger partial charge in [0.2, 0.25) is 0 Å². The van der Waals surface area contributed by atoms with E-state index in [-0.39, 0.29) is 0 Å². The molecule has 12 rings (SSSR count). The minimum Gasteiger partial charge on any atom is -0.310 e. The van der Waals surface area contributed by atoms with Crippen molar-refractivity contribution in [1.29, 1.82) is 0 Å². The summed E-state index contributed by atoms with van der Waals surface area (Å²) in [5, 5.41) is 7.40. The molecule has 0 unspecified atom stereocenters. The molecule has 2 aromatic heterocycles. The van der Waals surface area contributed by atoms with Gasteiger partial charge in [0.25, 0.3) is 0 Å². The summed E-state index contributed by atoms with van der Waals surface area (Å²) in [6.07, 6.45) is 0. The van der Waals surface area contributed by atoms with Crippen LogP contribution in [0.2, 0.25) is 0 Å². The normalized spacial score (nSPS) is 11.6. The first-order chi connectivity index (χ1) is 30.3. The van der Waals surface area contributed by atoms with Crippen LogP contribution in [0.3, 0.4) is 0 Å². The Morgan fingerprint density at radius 3 is 1.41 bits per heavy atom. The van der Waals surface area contributed by atoms with Crippen molar-refractivity contribution in [3.63, 3.8) is 0 Å². The van der Waals surface area contributed by atoms with Gasteiger partial charge in [-0.3, -0.25) is 0 Å². The van der Waals surface area contributed by atoms with Gasteiger partial charge >= 0.3 is 0 Å². The number of hydrogen-bond acceptors (Lipinski definition) is 1. The summed E-state index contributed by atoms with van der Waals surface area (Å²) in [4.78, 5) is 2.43. The molecule has 0 radical (unpaired) electrons. The van der Waals surface area contributed by atoms with Gasteiger partial charge < -0.3 is 14.0 Å². The Labute approximate surface area is 354 Å². The number of anilines is 3. The molecule has 286 valence electrons. The van der Waals surface area contributed by atoms with Gasteiger partial charge in [-0.2, -0.15) is 0 Å². The van der Waals surface area contributed by atoms with Gasteiger partial charge in [-0.05, 0) is 112 Å². The summed E-state index contributed by atoms with van der Waals surface area (Å²) in [7, 11) is 0. The SMILES string of the molecule is c1ccc(-c2cccc3cccc(-c4cccc(N(c5cccc(-n6c7ccccc7c7ccccc76)c5)c5ccc6c(c5)c5ccccc5n6-c5ccccc5)c4)c23)cc1. The third-order valence-electron chi connectivity index (χ3n) is 12.3. The van der Waals surface area contributed by atoms with Crippen molar-refractivity contribution in [2.24, 2.45) is 0 Å². The summed E-state index contributed by atoms with van der Waals surface area (Å²) >= 11 is 0. The number of fused-ring (bicyclic) bond motifs is 7. The number of rotatable bonds is 7. The Kier molecular flexibility index (Phi) is 8.17. The van der Waals surface area contributed by atoms with Gasteiger partial charge in [0.1, 0.15) is 0 Å². The summed E-state index contributed by atoms with van der Waals surface area (Å²) < 4.78 is 4.79. The van der Waals surface area contributed by atoms with Crippen LogP contribution in [-0.2, 0) is 0 Å². The molecule has 0 amide bonds. The third kappa shape index (κ3) is 5.74. The Balaban J connectivity index is 1.09. The lowest BCUT2D eigenvalue weighted by Crippen LogP contribution is -2.11. The molecular formula is C58H39N3. The highest BCUT2D eigenvalue weighted by Gasteiger charge is 2.20. The molecule has 0 saturated carbocycles. The van der Waals surface area contributed by atoms with Crippen LogP contribution in [0.25, 0.3) is 88.0 Å². The monoisotopic (exact) mass is 777 g/mol. The van der Waals surface area contributed by atoms with E-state index in [0.717, 1.165) is 34.0 Å². The van der Waals surface area contributed by atoms with Gasteiger partial charge in [0.05, 0.1) is 22.1 Å². The highest BCUT2D eigenvalue weighted by molar-refractivity contribution is 6.12. The highest BCUT2D eigenvalue weighted by atomic mass is 15.1. The molecule has 0 fully saturated rings. The molecule has 3 nitrogen and oxygen atoms in total. The van der Waals surface area contributed by atoms with Gasteiger partial charge in [-0.1, -0.05) is 158 Å². The van der Waals surface area contributed by atoms with E-state index < -0.39 is 0 Å². The molecule has 0 bridgehead atoms. The van der Waals surface area contributed by atoms with Crippen molar-refractivity contribution < 1.29 is 0 Å². The van der Waals surface area contributed by atoms with E-state index in [4.69, 9.17) is 0 Å². The first-order valence-corrected chi connectivity index (χ1v) is 20.9. The Bertz CT molecular complexity index is 3540. The fraction of sp³-hybridized carbons (Fsp3) is 0. The van der Waals surface area contributed by atoms with Crippen molar-refractivity contribution in [3.8, 4) is 33.6 Å². The number of nitrogens with zero attached hydrogens (tertiary/aromatic N) is 3. The largest absolute Gasteiger partial charge is 0.310 e. The van der Waals surface area contributed by atoms with E-state index in [9.17, 15) is 0 Å². The van der Waals surface area contributed by atoms with E-state index >= 15 is 0 Å². The molecular weight excluding hydrogens is 739 g/mol. The van der Waals surface area contributed by atoms with Crippen LogP contribution in [0.5, 0.6) is 0 Å². The van der Waals surface area contributed by atoms with E-state index in [0.29, 0.717) is 0 Å². The zero-order valence-electron chi connectivity index (χ0n) is 33.4. The van der Waals surface area contributed by atoms with Gasteiger partial charge in [0.15, 0.2) is 0 Å². The zero-order valence-corrected chi connectivity index (χ0v) is 33.4. The molecule has 0 aliphatic heterocycles. The molecule has 10 aromatic carbocycles. The minimum absolute atomic E-state index is 1.07. The second-order valence-electron chi connectivity index (χ2n) is 15.7. The van der Waals surface area contributed by atoms with Crippen molar-refractivity contribution in [2.75, 3.05) is 4.90 Å². The minimum atomic E-state index is 1.07. The maximum atomic E-state index is 2.43. The van der Waals surface area contributed by atoms with Crippen LogP contribution in [-0.4, -0.2) is 9.13 Å². The van der Waals surface area contributed by atoms with Crippen LogP contribution in [0, 0.1) is 0 Å². The summed E-state index contributed by atoms with van der Waals surface area (Å²) in [6, 6.07) is 86.0. The average Bonchev–Trinajstić information content (AvgIpc) is 3.85. The predicted octanol–water partition coefficient (Wildman–Crippen LogP) is 15.8. The molecule has 12 aromatic rings. The summed E-state index contributed by atoms with van der Waals surface area (Å²) in [5.74, 6) is 0. The fourth-order valence-electron chi connectivity index (χ4n) is 9.63. The second kappa shape index (κ2) is 14.3. The van der Waals surface area contributed by atoms with Gasteiger partial charge in [0, 0.05) is 50.0 Å². The quantitative estimate of drug-likeness (QED) is 0.157. The average molecular weight is 778 g/mol. The topological polar surface area (TPSA) is 13.1 Å². The van der Waals surface area contributed by atoms with Crippen molar-refractivity contribution in [1.82, 2.24) is 9.13 Å². The number of aromatic nitrogens is 2. The number of para-hydroxylation sites is 4. The molecule has 0 N–H and O–H groups in total. The Morgan fingerprint density at radius 2 is 0.738 bits per heavy atom. The highest BCUT2D eigenvalue weighted by Crippen LogP contribution is 2.43. The lowest BCUT2D eigenvalue weighted by Gasteiger charge is -2.27. The second-order valence-corrected chi connectivity index (χ2v) is 15.7. The van der Waals surface area contributed by atoms with Crippen LogP contribution < -0.4 is 4.90 Å². The summed E-state index contributed by atoms with van der Waals surface area (Å²) in [5.41, 5.74) is 15.1. The van der Waals surface area contributed by atoms with Crippen molar-refractivity contribution in [3.05, 3.63) is 237 Å². The van der Waals surface area contributed by atoms with Gasteiger partial charge in [-0.25, -0.2) is 0 Å². The Hall–Kier alpha value is -8.14. The van der Waals surface area contributed by atoms with E-state index in [1.807, 2.05) is 0 Å². The standard InChI is InChI=1S/C58H39N3/c1-3-17-40(18-4-1)48-30-14-19-41-20-15-31-49(58(41)48)42-21-13-24-44(37-42)59(45-25-16-26-46(38-45)61-54-32-10-7-27-50(54)51-28-8-11-33-55(51)61)47-35-36-57-53(39-47)52-29-9-12-34-56(52)60(57)43-22-5-2-6-23-43/h1-39H. The van der Waals surface area contributed by atoms with Crippen LogP contribution in [0.1, 0.15) is 0 Å². The smallest absolute Gasteiger partial charge is 0.0542 e. The maximum Gasteiger partial charge on any atom is 0.0542 e.